The van der Waals surface area contributed by atoms with E-state index in [2.05, 4.69) is 35.7 Å². The number of anilines is 3. The second-order valence-corrected chi connectivity index (χ2v) is 15.4. The maximum atomic E-state index is 13.8. The molecule has 1 aromatic carbocycles. The van der Waals surface area contributed by atoms with Gasteiger partial charge in [0.25, 0.3) is 11.8 Å². The fourth-order valence-electron chi connectivity index (χ4n) is 8.18. The Kier molecular flexibility index (Phi) is 10.4. The molecule has 0 atom stereocenters. The van der Waals surface area contributed by atoms with Crippen molar-refractivity contribution in [3.63, 3.8) is 0 Å². The van der Waals surface area contributed by atoms with Crippen molar-refractivity contribution < 1.29 is 23.9 Å². The fraction of sp³-hybridized carbons (Fsp3) is 0.375. The first-order chi connectivity index (χ1) is 28.8. The lowest BCUT2D eigenvalue weighted by Gasteiger charge is -2.47. The van der Waals surface area contributed by atoms with Crippen LogP contribution in [0, 0.1) is 19.3 Å². The predicted molar refractivity (Wildman–Crippen MR) is 222 cm³/mol. The van der Waals surface area contributed by atoms with Crippen LogP contribution in [0.3, 0.4) is 0 Å². The number of ether oxygens (including phenoxy) is 1. The number of benzene rings is 1. The number of amides is 4. The molecule has 0 unspecified atom stereocenters. The smallest absolute Gasteiger partial charge is 0.278 e. The molecule has 8 rings (SSSR count). The highest BCUT2D eigenvalue weighted by atomic mass is 16.5. The molecule has 20 heteroatoms. The third kappa shape index (κ3) is 7.34. The fourth-order valence-corrected chi connectivity index (χ4v) is 8.18. The minimum absolute atomic E-state index is 0.137. The normalized spacial score (nSPS) is 15.1. The van der Waals surface area contributed by atoms with E-state index in [9.17, 15) is 19.2 Å². The topological polar surface area (TPSA) is 267 Å². The molecule has 20 nitrogen and oxygen atoms in total. The molecule has 0 aliphatic carbocycles. The first-order valence-corrected chi connectivity index (χ1v) is 19.7. The zero-order valence-electron chi connectivity index (χ0n) is 33.9. The molecule has 60 heavy (non-hydrogen) atoms. The summed E-state index contributed by atoms with van der Waals surface area (Å²) in [4.78, 5) is 68.3. The summed E-state index contributed by atoms with van der Waals surface area (Å²) in [5.74, 6) is -1.77. The van der Waals surface area contributed by atoms with Gasteiger partial charge in [0.2, 0.25) is 23.7 Å². The minimum atomic E-state index is -0.673. The molecule has 0 radical (unpaired) electrons. The molecule has 4 amide bonds. The Labute approximate surface area is 343 Å². The summed E-state index contributed by atoms with van der Waals surface area (Å²) in [5.41, 5.74) is 23.0. The monoisotopic (exact) mass is 817 g/mol. The summed E-state index contributed by atoms with van der Waals surface area (Å²) in [5, 5.41) is 14.7. The average Bonchev–Trinajstić information content (AvgIpc) is 4.03. The number of carbonyl (C=O) groups excluding carboxylic acids is 4. The number of primary amides is 2. The van der Waals surface area contributed by atoms with Crippen molar-refractivity contribution in [2.75, 3.05) is 42.7 Å². The summed E-state index contributed by atoms with van der Waals surface area (Å²) < 4.78 is 12.4. The number of fused-ring (bicyclic) bond motifs is 2. The summed E-state index contributed by atoms with van der Waals surface area (Å²) in [6.07, 6.45) is 6.11. The largest absolute Gasteiger partial charge is 0.395 e. The number of carbonyl (C=O) groups is 4. The molecule has 2 aliphatic heterocycles. The zero-order valence-corrected chi connectivity index (χ0v) is 33.9. The third-order valence-electron chi connectivity index (χ3n) is 11.1. The van der Waals surface area contributed by atoms with Crippen LogP contribution in [0.15, 0.2) is 42.6 Å². The highest BCUT2D eigenvalue weighted by molar-refractivity contribution is 6.07. The van der Waals surface area contributed by atoms with E-state index < -0.39 is 23.6 Å². The lowest BCUT2D eigenvalue weighted by molar-refractivity contribution is -0.0121. The second-order valence-electron chi connectivity index (χ2n) is 15.4. The molecular formula is C40H47N15O5. The van der Waals surface area contributed by atoms with Crippen molar-refractivity contribution in [2.45, 2.75) is 66.8 Å². The number of likely N-dealkylation sites (tertiary alicyclic amines) is 1. The molecule has 312 valence electrons. The van der Waals surface area contributed by atoms with E-state index in [0.717, 1.165) is 43.8 Å². The van der Waals surface area contributed by atoms with E-state index in [-0.39, 0.29) is 47.3 Å². The van der Waals surface area contributed by atoms with E-state index in [1.807, 2.05) is 37.5 Å². The van der Waals surface area contributed by atoms with E-state index in [0.29, 0.717) is 59.0 Å². The number of allylic oxidation sites excluding steroid dienone is 2. The van der Waals surface area contributed by atoms with Gasteiger partial charge in [0.1, 0.15) is 16.9 Å². The van der Waals surface area contributed by atoms with E-state index in [1.165, 1.54) is 16.9 Å². The van der Waals surface area contributed by atoms with Crippen LogP contribution >= 0.6 is 0 Å². The van der Waals surface area contributed by atoms with E-state index in [1.54, 1.807) is 34.4 Å². The highest BCUT2D eigenvalue weighted by Crippen LogP contribution is 2.40. The number of hydrogen-bond donors (Lipinski definition) is 5. The van der Waals surface area contributed by atoms with E-state index >= 15 is 0 Å². The first kappa shape index (κ1) is 39.9. The first-order valence-electron chi connectivity index (χ1n) is 19.7. The lowest BCUT2D eigenvalue weighted by Crippen LogP contribution is -2.56. The third-order valence-corrected chi connectivity index (χ3v) is 11.1. The molecule has 0 saturated carbocycles. The van der Waals surface area contributed by atoms with Crippen molar-refractivity contribution in [3.05, 3.63) is 82.1 Å². The van der Waals surface area contributed by atoms with Gasteiger partial charge in [-0.25, -0.2) is 15.0 Å². The van der Waals surface area contributed by atoms with Crippen LogP contribution in [-0.4, -0.2) is 98.5 Å². The number of pyridine rings is 1. The van der Waals surface area contributed by atoms with Crippen LogP contribution in [0.4, 0.5) is 17.6 Å². The van der Waals surface area contributed by atoms with Crippen molar-refractivity contribution in [1.29, 1.82) is 0 Å². The van der Waals surface area contributed by atoms with Crippen LogP contribution in [0.25, 0.3) is 22.2 Å². The number of rotatable bonds is 14. The van der Waals surface area contributed by atoms with Crippen molar-refractivity contribution in [2.24, 2.45) is 16.9 Å². The van der Waals surface area contributed by atoms with Gasteiger partial charge >= 0.3 is 0 Å². The minimum Gasteiger partial charge on any atom is -0.395 e. The SMILES string of the molecule is CCn1nc(C)cc1C(=O)Nc1nc2cc(C(N)=O)cc(CN3CC4(CCOC4)C3)c2n1C/C=C/Cn1c(NC(=O)c2c(N)c(C)nn2CC)nc2cc(C(N)=O)cnc21. The van der Waals surface area contributed by atoms with Crippen LogP contribution in [-0.2, 0) is 37.5 Å². The maximum Gasteiger partial charge on any atom is 0.278 e. The molecule has 2 aliphatic rings. The number of hydrogen-bond acceptors (Lipinski definition) is 12. The van der Waals surface area contributed by atoms with Crippen molar-refractivity contribution in [3.8, 4) is 0 Å². The van der Waals surface area contributed by atoms with Crippen LogP contribution in [0.5, 0.6) is 0 Å². The summed E-state index contributed by atoms with van der Waals surface area (Å²) >= 11 is 0. The number of aryl methyl sites for hydroxylation is 4. The molecule has 0 bridgehead atoms. The van der Waals surface area contributed by atoms with Gasteiger partial charge in [0, 0.05) is 69.6 Å². The van der Waals surface area contributed by atoms with Crippen LogP contribution in [0.1, 0.15) is 78.9 Å². The number of nitrogens with one attached hydrogen (secondary N) is 2. The summed E-state index contributed by atoms with van der Waals surface area (Å²) in [7, 11) is 0. The van der Waals surface area contributed by atoms with Crippen LogP contribution in [0.2, 0.25) is 0 Å². The summed E-state index contributed by atoms with van der Waals surface area (Å²) in [6.45, 7) is 12.3. The van der Waals surface area contributed by atoms with Gasteiger partial charge in [-0.2, -0.15) is 10.2 Å². The van der Waals surface area contributed by atoms with Gasteiger partial charge in [0.15, 0.2) is 5.65 Å². The van der Waals surface area contributed by atoms with Gasteiger partial charge in [-0.1, -0.05) is 12.2 Å². The number of imidazole rings is 2. The molecular weight excluding hydrogens is 771 g/mol. The molecule has 6 aromatic rings. The number of nitrogen functional groups attached to an aromatic ring is 1. The Hall–Kier alpha value is -6.93. The maximum absolute atomic E-state index is 13.8. The van der Waals surface area contributed by atoms with Gasteiger partial charge in [-0.05, 0) is 63.9 Å². The average molecular weight is 818 g/mol. The van der Waals surface area contributed by atoms with Gasteiger partial charge < -0.3 is 26.5 Å². The number of aromatic nitrogens is 9. The van der Waals surface area contributed by atoms with Crippen molar-refractivity contribution in [1.82, 2.24) is 48.5 Å². The molecule has 5 aromatic heterocycles. The van der Waals surface area contributed by atoms with Crippen molar-refractivity contribution >= 4 is 63.4 Å². The summed E-state index contributed by atoms with van der Waals surface area (Å²) in [6, 6.07) is 6.65. The van der Waals surface area contributed by atoms with Crippen LogP contribution < -0.4 is 27.8 Å². The second kappa shape index (κ2) is 15.7. The Morgan fingerprint density at radius 1 is 0.850 bits per heavy atom. The van der Waals surface area contributed by atoms with Gasteiger partial charge in [0.05, 0.1) is 40.3 Å². The highest BCUT2D eigenvalue weighted by Gasteiger charge is 2.45. The predicted octanol–water partition coefficient (Wildman–Crippen LogP) is 2.59. The molecule has 7 heterocycles. The molecule has 8 N–H and O–H groups in total. The Morgan fingerprint density at radius 3 is 2.20 bits per heavy atom. The number of nitrogens with zero attached hydrogens (tertiary/aromatic N) is 10. The Morgan fingerprint density at radius 2 is 1.52 bits per heavy atom. The zero-order chi connectivity index (χ0) is 42.5. The standard InChI is InChI=1S/C40H47N15O5/c1-5-54-29(13-22(3)49-54)36(58)47-38-45-27-15-24(33(42)56)14-26(18-51-19-40(20-51)9-12-60-21-40)31(27)52(38)10-7-8-11-53-35-28(16-25(17-44-35)34(43)57)46-39(53)48-37(59)32-30(41)23(4)50-55(32)6-2/h7-8,13-17H,5-6,9-12,18-21,41H2,1-4H3,(H2,42,56)(H2,43,57)(H,45,47,58)(H,46,48,59)/b8-7+. The lowest BCUT2D eigenvalue weighted by atomic mass is 9.79. The Bertz CT molecular complexity index is 2720. The van der Waals surface area contributed by atoms with E-state index in [4.69, 9.17) is 26.9 Å². The van der Waals surface area contributed by atoms with Gasteiger partial charge in [-0.15, -0.1) is 0 Å². The molecule has 2 saturated heterocycles. The number of nitrogens with two attached hydrogens (primary N) is 3. The van der Waals surface area contributed by atoms with Gasteiger partial charge in [-0.3, -0.25) is 48.6 Å². The Balaban J connectivity index is 1.15. The molecule has 1 spiro atoms. The quantitative estimate of drug-likeness (QED) is 0.0994. The molecule has 2 fully saturated rings.